The Labute approximate surface area is 159 Å². The topological polar surface area (TPSA) is 30.5 Å². The number of ether oxygens (including phenoxy) is 2. The van der Waals surface area contributed by atoms with Crippen LogP contribution < -0.4 is 14.8 Å². The Morgan fingerprint density at radius 3 is 2.48 bits per heavy atom. The van der Waals surface area contributed by atoms with Gasteiger partial charge in [0.05, 0.1) is 6.61 Å². The number of rotatable bonds is 8. The molecular weight excluding hydrogens is 341 g/mol. The summed E-state index contributed by atoms with van der Waals surface area (Å²) in [5, 5.41) is 3.42. The molecule has 0 heterocycles. The Balaban J connectivity index is 1.68. The molecule has 0 radical (unpaired) electrons. The highest BCUT2D eigenvalue weighted by molar-refractivity contribution is 5.48. The van der Waals surface area contributed by atoms with Gasteiger partial charge in [-0.25, -0.2) is 4.39 Å². The molecule has 0 atom stereocenters. The molecule has 1 N–H and O–H groups in total. The lowest BCUT2D eigenvalue weighted by Gasteiger charge is -2.14. The van der Waals surface area contributed by atoms with Gasteiger partial charge >= 0.3 is 0 Å². The molecule has 0 amide bonds. The first kappa shape index (κ1) is 18.8. The molecule has 0 saturated heterocycles. The minimum atomic E-state index is -0.265. The fourth-order valence-electron chi connectivity index (χ4n) is 2.80. The van der Waals surface area contributed by atoms with E-state index in [0.717, 1.165) is 16.8 Å². The number of hydrogen-bond acceptors (Lipinski definition) is 3. The van der Waals surface area contributed by atoms with Crippen molar-refractivity contribution in [2.45, 2.75) is 27.0 Å². The van der Waals surface area contributed by atoms with Gasteiger partial charge in [-0.1, -0.05) is 30.3 Å². The van der Waals surface area contributed by atoms with Crippen molar-refractivity contribution in [2.75, 3.05) is 11.9 Å². The summed E-state index contributed by atoms with van der Waals surface area (Å²) in [6.07, 6.45) is 0. The molecule has 3 nitrogen and oxygen atoms in total. The van der Waals surface area contributed by atoms with E-state index in [1.54, 1.807) is 6.07 Å². The fourth-order valence-corrected chi connectivity index (χ4v) is 2.80. The second-order valence-corrected chi connectivity index (χ2v) is 6.36. The van der Waals surface area contributed by atoms with Gasteiger partial charge in [-0.3, -0.25) is 0 Å². The first-order chi connectivity index (χ1) is 13.1. The second kappa shape index (κ2) is 9.08. The maximum Gasteiger partial charge on any atom is 0.161 e. The average molecular weight is 365 g/mol. The van der Waals surface area contributed by atoms with Crippen molar-refractivity contribution in [1.29, 1.82) is 0 Å². The Morgan fingerprint density at radius 2 is 1.70 bits per heavy atom. The summed E-state index contributed by atoms with van der Waals surface area (Å²) in [7, 11) is 0. The van der Waals surface area contributed by atoms with Crippen LogP contribution in [0.25, 0.3) is 0 Å². The zero-order chi connectivity index (χ0) is 19.1. The van der Waals surface area contributed by atoms with Crippen LogP contribution in [0.3, 0.4) is 0 Å². The van der Waals surface area contributed by atoms with Gasteiger partial charge in [0.2, 0.25) is 0 Å². The molecule has 0 unspecified atom stereocenters. The van der Waals surface area contributed by atoms with E-state index in [2.05, 4.69) is 24.4 Å². The fraction of sp³-hybridized carbons (Fsp3) is 0.217. The van der Waals surface area contributed by atoms with E-state index < -0.39 is 0 Å². The van der Waals surface area contributed by atoms with Gasteiger partial charge in [0, 0.05) is 12.2 Å². The van der Waals surface area contributed by atoms with Crippen molar-refractivity contribution in [3.05, 3.63) is 89.2 Å². The van der Waals surface area contributed by atoms with Crippen molar-refractivity contribution in [3.8, 4) is 11.5 Å². The predicted molar refractivity (Wildman–Crippen MR) is 107 cm³/mol. The van der Waals surface area contributed by atoms with Crippen molar-refractivity contribution in [1.82, 2.24) is 0 Å². The molecule has 0 spiro atoms. The standard InChI is InChI=1S/C23H24FNO2/c1-3-26-23-14-18(15-25-21-9-4-6-17(2)12-21)10-11-22(23)27-16-19-7-5-8-20(24)13-19/h4-14,25H,3,15-16H2,1-2H3. The third kappa shape index (κ3) is 5.48. The van der Waals surface area contributed by atoms with Gasteiger partial charge in [0.25, 0.3) is 0 Å². The number of nitrogens with one attached hydrogen (secondary N) is 1. The Kier molecular flexibility index (Phi) is 6.31. The van der Waals surface area contributed by atoms with Crippen molar-refractivity contribution >= 4 is 5.69 Å². The molecule has 3 aromatic carbocycles. The molecule has 3 aromatic rings. The van der Waals surface area contributed by atoms with Crippen LogP contribution in [0.15, 0.2) is 66.7 Å². The first-order valence-electron chi connectivity index (χ1n) is 9.07. The number of halogens is 1. The third-order valence-electron chi connectivity index (χ3n) is 4.11. The molecule has 0 bridgehead atoms. The molecule has 0 aliphatic heterocycles. The van der Waals surface area contributed by atoms with Crippen molar-refractivity contribution in [2.24, 2.45) is 0 Å². The summed E-state index contributed by atoms with van der Waals surface area (Å²) < 4.78 is 24.9. The van der Waals surface area contributed by atoms with E-state index in [1.165, 1.54) is 17.7 Å². The summed E-state index contributed by atoms with van der Waals surface area (Å²) in [5.41, 5.74) is 4.18. The number of hydrogen-bond donors (Lipinski definition) is 1. The lowest BCUT2D eigenvalue weighted by atomic mass is 10.1. The SMILES string of the molecule is CCOc1cc(CNc2cccc(C)c2)ccc1OCc1cccc(F)c1. The van der Waals surface area contributed by atoms with Crippen LogP contribution in [-0.2, 0) is 13.2 Å². The van der Waals surface area contributed by atoms with Gasteiger partial charge in [-0.05, 0) is 66.9 Å². The van der Waals surface area contributed by atoms with Crippen molar-refractivity contribution < 1.29 is 13.9 Å². The van der Waals surface area contributed by atoms with Gasteiger partial charge < -0.3 is 14.8 Å². The van der Waals surface area contributed by atoms with Crippen LogP contribution in [0.5, 0.6) is 11.5 Å². The zero-order valence-electron chi connectivity index (χ0n) is 15.7. The predicted octanol–water partition coefficient (Wildman–Crippen LogP) is 5.72. The highest BCUT2D eigenvalue weighted by atomic mass is 19.1. The molecule has 3 rings (SSSR count). The van der Waals surface area contributed by atoms with E-state index in [1.807, 2.05) is 43.3 Å². The molecule has 27 heavy (non-hydrogen) atoms. The Hall–Kier alpha value is -3.01. The average Bonchev–Trinajstić information content (AvgIpc) is 2.66. The molecule has 0 aromatic heterocycles. The smallest absolute Gasteiger partial charge is 0.161 e. The van der Waals surface area contributed by atoms with Crippen LogP contribution in [0.1, 0.15) is 23.6 Å². The minimum absolute atomic E-state index is 0.265. The summed E-state index contributed by atoms with van der Waals surface area (Å²) in [4.78, 5) is 0. The summed E-state index contributed by atoms with van der Waals surface area (Å²) in [6.45, 7) is 5.54. The maximum absolute atomic E-state index is 13.3. The van der Waals surface area contributed by atoms with Gasteiger partial charge in [-0.15, -0.1) is 0 Å². The van der Waals surface area contributed by atoms with Gasteiger partial charge in [0.1, 0.15) is 12.4 Å². The maximum atomic E-state index is 13.3. The van der Waals surface area contributed by atoms with Gasteiger partial charge in [0.15, 0.2) is 11.5 Å². The number of aryl methyl sites for hydroxylation is 1. The lowest BCUT2D eigenvalue weighted by Crippen LogP contribution is -2.03. The Morgan fingerprint density at radius 1 is 0.852 bits per heavy atom. The first-order valence-corrected chi connectivity index (χ1v) is 9.07. The Bertz CT molecular complexity index is 895. The largest absolute Gasteiger partial charge is 0.490 e. The number of benzene rings is 3. The molecule has 0 fully saturated rings. The molecule has 140 valence electrons. The molecule has 0 aliphatic rings. The van der Waals surface area contributed by atoms with Crippen LogP contribution in [0, 0.1) is 12.7 Å². The van der Waals surface area contributed by atoms with E-state index in [-0.39, 0.29) is 5.82 Å². The zero-order valence-corrected chi connectivity index (χ0v) is 15.7. The molecule has 0 saturated carbocycles. The number of anilines is 1. The summed E-state index contributed by atoms with van der Waals surface area (Å²) in [6, 6.07) is 20.6. The van der Waals surface area contributed by atoms with Crippen LogP contribution in [0.2, 0.25) is 0 Å². The summed E-state index contributed by atoms with van der Waals surface area (Å²) in [5.74, 6) is 1.08. The van der Waals surface area contributed by atoms with E-state index in [9.17, 15) is 4.39 Å². The molecule has 0 aliphatic carbocycles. The van der Waals surface area contributed by atoms with E-state index in [4.69, 9.17) is 9.47 Å². The van der Waals surface area contributed by atoms with Crippen molar-refractivity contribution in [3.63, 3.8) is 0 Å². The van der Waals surface area contributed by atoms with Crippen LogP contribution in [0.4, 0.5) is 10.1 Å². The van der Waals surface area contributed by atoms with E-state index in [0.29, 0.717) is 31.3 Å². The monoisotopic (exact) mass is 365 g/mol. The third-order valence-corrected chi connectivity index (χ3v) is 4.11. The molecule has 4 heteroatoms. The highest BCUT2D eigenvalue weighted by Crippen LogP contribution is 2.29. The minimum Gasteiger partial charge on any atom is -0.490 e. The normalized spacial score (nSPS) is 10.5. The van der Waals surface area contributed by atoms with Crippen LogP contribution in [-0.4, -0.2) is 6.61 Å². The molecular formula is C23H24FNO2. The van der Waals surface area contributed by atoms with E-state index >= 15 is 0 Å². The highest BCUT2D eigenvalue weighted by Gasteiger charge is 2.08. The second-order valence-electron chi connectivity index (χ2n) is 6.36. The summed E-state index contributed by atoms with van der Waals surface area (Å²) >= 11 is 0. The van der Waals surface area contributed by atoms with Crippen LogP contribution >= 0.6 is 0 Å². The quantitative estimate of drug-likeness (QED) is 0.553. The van der Waals surface area contributed by atoms with Gasteiger partial charge in [-0.2, -0.15) is 0 Å². The lowest BCUT2D eigenvalue weighted by molar-refractivity contribution is 0.269.